The topological polar surface area (TPSA) is 44.5 Å². The number of nitrogen functional groups attached to an aromatic ring is 1. The van der Waals surface area contributed by atoms with Crippen molar-refractivity contribution in [2.45, 2.75) is 33.3 Å². The van der Waals surface area contributed by atoms with Crippen molar-refractivity contribution in [3.05, 3.63) is 18.2 Å². The molecule has 0 radical (unpaired) electrons. The second kappa shape index (κ2) is 5.49. The molecule has 0 saturated heterocycles. The summed E-state index contributed by atoms with van der Waals surface area (Å²) >= 11 is 0. The fraction of sp³-hybridized carbons (Fsp3) is 0.500. The molecule has 0 saturated carbocycles. The Hall–Kier alpha value is -1.38. The first kappa shape index (κ1) is 11.7. The van der Waals surface area contributed by atoms with E-state index in [4.69, 9.17) is 15.2 Å². The maximum atomic E-state index is 5.92. The van der Waals surface area contributed by atoms with Gasteiger partial charge in [0.2, 0.25) is 0 Å². The van der Waals surface area contributed by atoms with Crippen LogP contribution in [-0.4, -0.2) is 12.7 Å². The van der Waals surface area contributed by atoms with Crippen LogP contribution in [0.2, 0.25) is 0 Å². The van der Waals surface area contributed by atoms with Gasteiger partial charge in [-0.1, -0.05) is 13.0 Å². The lowest BCUT2D eigenvalue weighted by Crippen LogP contribution is -2.08. The highest BCUT2D eigenvalue weighted by Gasteiger charge is 2.07. The zero-order valence-electron chi connectivity index (χ0n) is 9.62. The first-order valence-corrected chi connectivity index (χ1v) is 5.33. The van der Waals surface area contributed by atoms with Gasteiger partial charge in [0.15, 0.2) is 0 Å². The van der Waals surface area contributed by atoms with Gasteiger partial charge in [-0.25, -0.2) is 0 Å². The predicted molar refractivity (Wildman–Crippen MR) is 62.4 cm³/mol. The number of para-hydroxylation sites is 1. The lowest BCUT2D eigenvalue weighted by Gasteiger charge is -2.14. The Morgan fingerprint density at radius 3 is 2.53 bits per heavy atom. The van der Waals surface area contributed by atoms with E-state index in [0.29, 0.717) is 23.8 Å². The maximum Gasteiger partial charge on any atom is 0.146 e. The molecule has 84 valence electrons. The summed E-state index contributed by atoms with van der Waals surface area (Å²) in [4.78, 5) is 0. The Labute approximate surface area is 91.2 Å². The lowest BCUT2D eigenvalue weighted by atomic mass is 10.2. The van der Waals surface area contributed by atoms with Gasteiger partial charge in [-0.05, 0) is 32.4 Å². The first-order valence-electron chi connectivity index (χ1n) is 5.33. The third-order valence-corrected chi connectivity index (χ3v) is 1.85. The molecule has 2 N–H and O–H groups in total. The fourth-order valence-electron chi connectivity index (χ4n) is 1.22. The van der Waals surface area contributed by atoms with Crippen LogP contribution in [0.3, 0.4) is 0 Å². The molecule has 1 rings (SSSR count). The summed E-state index contributed by atoms with van der Waals surface area (Å²) in [6.07, 6.45) is 1.09. The molecule has 0 bridgehead atoms. The molecule has 0 aromatic heterocycles. The Kier molecular flexibility index (Phi) is 4.28. The number of nitrogens with two attached hydrogens (primary N) is 1. The Balaban J connectivity index is 2.80. The van der Waals surface area contributed by atoms with Gasteiger partial charge in [-0.15, -0.1) is 0 Å². The van der Waals surface area contributed by atoms with Crippen molar-refractivity contribution in [2.75, 3.05) is 12.3 Å². The van der Waals surface area contributed by atoms with Crippen LogP contribution < -0.4 is 15.2 Å². The van der Waals surface area contributed by atoms with Gasteiger partial charge in [-0.2, -0.15) is 0 Å². The minimum Gasteiger partial charge on any atom is -0.491 e. The summed E-state index contributed by atoms with van der Waals surface area (Å²) in [5.74, 6) is 1.40. The third kappa shape index (κ3) is 3.35. The molecule has 0 aliphatic rings. The average molecular weight is 209 g/mol. The van der Waals surface area contributed by atoms with E-state index in [-0.39, 0.29) is 6.10 Å². The highest BCUT2D eigenvalue weighted by molar-refractivity contribution is 5.62. The molecule has 0 unspecified atom stereocenters. The van der Waals surface area contributed by atoms with Gasteiger partial charge in [0.25, 0.3) is 0 Å². The van der Waals surface area contributed by atoms with Crippen LogP contribution >= 0.6 is 0 Å². The molecule has 0 fully saturated rings. The van der Waals surface area contributed by atoms with Gasteiger partial charge in [0.1, 0.15) is 17.2 Å². The van der Waals surface area contributed by atoms with E-state index in [1.165, 1.54) is 0 Å². The molecular formula is C12H19NO2. The summed E-state index contributed by atoms with van der Waals surface area (Å²) in [6, 6.07) is 5.60. The van der Waals surface area contributed by atoms with Crippen molar-refractivity contribution in [1.29, 1.82) is 0 Å². The van der Waals surface area contributed by atoms with Crippen molar-refractivity contribution in [1.82, 2.24) is 0 Å². The second-order valence-corrected chi connectivity index (χ2v) is 3.68. The van der Waals surface area contributed by atoms with E-state index in [0.717, 1.165) is 6.42 Å². The molecule has 15 heavy (non-hydrogen) atoms. The van der Waals surface area contributed by atoms with E-state index in [1.54, 1.807) is 0 Å². The Bertz CT molecular complexity index is 310. The van der Waals surface area contributed by atoms with Crippen LogP contribution in [0.15, 0.2) is 18.2 Å². The number of anilines is 1. The first-order chi connectivity index (χ1) is 7.15. The van der Waals surface area contributed by atoms with Gasteiger partial charge < -0.3 is 15.2 Å². The van der Waals surface area contributed by atoms with Crippen molar-refractivity contribution < 1.29 is 9.47 Å². The molecule has 0 aliphatic heterocycles. The van der Waals surface area contributed by atoms with Crippen LogP contribution in [0.1, 0.15) is 27.2 Å². The summed E-state index contributed by atoms with van der Waals surface area (Å²) in [6.45, 7) is 6.68. The highest BCUT2D eigenvalue weighted by Crippen LogP contribution is 2.31. The van der Waals surface area contributed by atoms with Crippen LogP contribution in [0.4, 0.5) is 5.69 Å². The average Bonchev–Trinajstić information content (AvgIpc) is 2.19. The van der Waals surface area contributed by atoms with Gasteiger partial charge in [0.05, 0.1) is 12.7 Å². The van der Waals surface area contributed by atoms with Crippen molar-refractivity contribution in [2.24, 2.45) is 0 Å². The molecule has 1 aromatic rings. The van der Waals surface area contributed by atoms with E-state index in [1.807, 2.05) is 32.0 Å². The van der Waals surface area contributed by atoms with E-state index < -0.39 is 0 Å². The van der Waals surface area contributed by atoms with Gasteiger partial charge >= 0.3 is 0 Å². The Morgan fingerprint density at radius 2 is 1.93 bits per heavy atom. The highest BCUT2D eigenvalue weighted by atomic mass is 16.5. The zero-order chi connectivity index (χ0) is 11.3. The van der Waals surface area contributed by atoms with Crippen molar-refractivity contribution in [3.63, 3.8) is 0 Å². The molecule has 0 atom stereocenters. The molecule has 1 aromatic carbocycles. The van der Waals surface area contributed by atoms with E-state index >= 15 is 0 Å². The number of hydrogen-bond acceptors (Lipinski definition) is 3. The third-order valence-electron chi connectivity index (χ3n) is 1.85. The fourth-order valence-corrected chi connectivity index (χ4v) is 1.22. The summed E-state index contributed by atoms with van der Waals surface area (Å²) in [7, 11) is 0. The summed E-state index contributed by atoms with van der Waals surface area (Å²) in [5.41, 5.74) is 6.51. The molecule has 0 heterocycles. The van der Waals surface area contributed by atoms with Crippen LogP contribution in [0.25, 0.3) is 0 Å². The van der Waals surface area contributed by atoms with Gasteiger partial charge in [-0.3, -0.25) is 0 Å². The van der Waals surface area contributed by atoms with E-state index in [2.05, 4.69) is 6.92 Å². The molecular weight excluding hydrogens is 190 g/mol. The monoisotopic (exact) mass is 209 g/mol. The maximum absolute atomic E-state index is 5.92. The standard InChI is InChI=1S/C12H19NO2/c1-4-8-14-10-6-5-7-11(12(10)13)15-9(2)3/h5-7,9H,4,8,13H2,1-3H3. The quantitative estimate of drug-likeness (QED) is 0.758. The molecule has 0 spiro atoms. The minimum absolute atomic E-state index is 0.119. The van der Waals surface area contributed by atoms with Crippen LogP contribution in [0.5, 0.6) is 11.5 Å². The van der Waals surface area contributed by atoms with E-state index in [9.17, 15) is 0 Å². The van der Waals surface area contributed by atoms with Crippen molar-refractivity contribution >= 4 is 5.69 Å². The number of ether oxygens (including phenoxy) is 2. The molecule has 0 aliphatic carbocycles. The molecule has 3 nitrogen and oxygen atoms in total. The van der Waals surface area contributed by atoms with Gasteiger partial charge in [0, 0.05) is 0 Å². The number of hydrogen-bond donors (Lipinski definition) is 1. The largest absolute Gasteiger partial charge is 0.491 e. The molecule has 0 amide bonds. The van der Waals surface area contributed by atoms with Crippen molar-refractivity contribution in [3.8, 4) is 11.5 Å². The molecule has 3 heteroatoms. The normalized spacial score (nSPS) is 10.4. The lowest BCUT2D eigenvalue weighted by molar-refractivity contribution is 0.242. The Morgan fingerprint density at radius 1 is 1.27 bits per heavy atom. The van der Waals surface area contributed by atoms with Crippen LogP contribution in [0, 0.1) is 0 Å². The summed E-state index contributed by atoms with van der Waals surface area (Å²) in [5, 5.41) is 0. The summed E-state index contributed by atoms with van der Waals surface area (Å²) < 4.78 is 11.1. The number of benzene rings is 1. The van der Waals surface area contributed by atoms with Crippen LogP contribution in [-0.2, 0) is 0 Å². The number of rotatable bonds is 5. The smallest absolute Gasteiger partial charge is 0.146 e. The predicted octanol–water partition coefficient (Wildman–Crippen LogP) is 2.84. The SMILES string of the molecule is CCCOc1cccc(OC(C)C)c1N. The second-order valence-electron chi connectivity index (χ2n) is 3.68. The zero-order valence-corrected chi connectivity index (χ0v) is 9.62. The minimum atomic E-state index is 0.119.